The Hall–Kier alpha value is -3.09. The molecular weight excluding hydrogens is 346 g/mol. The maximum atomic E-state index is 11.8. The molecule has 0 unspecified atom stereocenters. The number of aromatic nitrogens is 1. The monoisotopic (exact) mass is 367 g/mol. The summed E-state index contributed by atoms with van der Waals surface area (Å²) in [5.41, 5.74) is 1.34. The Kier molecular flexibility index (Phi) is 4.22. The van der Waals surface area contributed by atoms with Crippen LogP contribution in [0.1, 0.15) is 41.9 Å². The lowest BCUT2D eigenvalue weighted by Gasteiger charge is -2.35. The van der Waals surface area contributed by atoms with Crippen molar-refractivity contribution in [3.8, 4) is 5.75 Å². The van der Waals surface area contributed by atoms with Gasteiger partial charge in [-0.1, -0.05) is 13.8 Å². The van der Waals surface area contributed by atoms with E-state index in [2.05, 4.69) is 23.8 Å². The van der Waals surface area contributed by atoms with E-state index in [0.717, 1.165) is 12.0 Å². The fraction of sp³-hybridized carbons (Fsp3) is 0.350. The molecule has 4 rings (SSSR count). The first kappa shape index (κ1) is 17.3. The van der Waals surface area contributed by atoms with E-state index in [-0.39, 0.29) is 23.0 Å². The van der Waals surface area contributed by atoms with Gasteiger partial charge in [-0.2, -0.15) is 0 Å². The zero-order valence-corrected chi connectivity index (χ0v) is 15.2. The van der Waals surface area contributed by atoms with Crippen molar-refractivity contribution in [3.05, 3.63) is 35.2 Å². The highest BCUT2D eigenvalue weighted by atomic mass is 16.4. The molecule has 1 fully saturated rings. The van der Waals surface area contributed by atoms with Crippen molar-refractivity contribution in [2.75, 3.05) is 18.0 Å². The molecule has 0 saturated carbocycles. The zero-order valence-electron chi connectivity index (χ0n) is 15.2. The van der Waals surface area contributed by atoms with Crippen molar-refractivity contribution in [3.63, 3.8) is 0 Å². The third-order valence-electron chi connectivity index (χ3n) is 4.97. The largest absolute Gasteiger partial charge is 0.504 e. The standard InChI is InChI=1S/C20H21N3O4/c1-11-6-12(2)10-23(9-11)19-16(20(25)26)17(24)15(27-19)7-13-8-22-18-14(13)4-3-5-21-18/h3-5,7-8,11-12,24H,6,9-10H2,1-2H3,(H,25,26)/t11-,12-/m0/s1. The highest BCUT2D eigenvalue weighted by Crippen LogP contribution is 2.40. The van der Waals surface area contributed by atoms with Crippen LogP contribution in [0.15, 0.2) is 27.7 Å². The molecule has 2 aliphatic rings. The molecule has 0 aliphatic carbocycles. The van der Waals surface area contributed by atoms with Crippen LogP contribution in [0, 0.1) is 11.8 Å². The van der Waals surface area contributed by atoms with Gasteiger partial charge in [-0.25, -0.2) is 14.8 Å². The maximum Gasteiger partial charge on any atom is 0.345 e. The number of aliphatic imine (C=N–C) groups is 1. The molecule has 140 valence electrons. The van der Waals surface area contributed by atoms with Crippen molar-refractivity contribution in [2.45, 2.75) is 20.3 Å². The lowest BCUT2D eigenvalue weighted by molar-refractivity contribution is 0.0694. The van der Waals surface area contributed by atoms with E-state index < -0.39 is 5.97 Å². The number of aromatic hydroxyl groups is 1. The average molecular weight is 367 g/mol. The Morgan fingerprint density at radius 1 is 1.33 bits per heavy atom. The zero-order chi connectivity index (χ0) is 19.1. The average Bonchev–Trinajstić information content (AvgIpc) is 3.16. The first-order chi connectivity index (χ1) is 12.9. The minimum Gasteiger partial charge on any atom is -0.504 e. The second-order valence-electron chi connectivity index (χ2n) is 7.38. The van der Waals surface area contributed by atoms with Gasteiger partial charge in [0.25, 0.3) is 0 Å². The van der Waals surface area contributed by atoms with E-state index in [1.165, 1.54) is 0 Å². The number of aromatic carboxylic acids is 1. The number of nitrogens with zero attached hydrogens (tertiary/aromatic N) is 3. The van der Waals surface area contributed by atoms with Gasteiger partial charge in [0.2, 0.25) is 5.88 Å². The van der Waals surface area contributed by atoms with Crippen LogP contribution in [0.4, 0.5) is 11.7 Å². The number of anilines is 1. The number of carboxylic acids is 1. The van der Waals surface area contributed by atoms with Crippen molar-refractivity contribution in [1.29, 1.82) is 0 Å². The van der Waals surface area contributed by atoms with E-state index >= 15 is 0 Å². The highest BCUT2D eigenvalue weighted by molar-refractivity contribution is 6.21. The molecule has 0 spiro atoms. The quantitative estimate of drug-likeness (QED) is 0.856. The Bertz CT molecular complexity index is 950. The molecule has 0 bridgehead atoms. The van der Waals surface area contributed by atoms with Crippen molar-refractivity contribution in [1.82, 2.24) is 4.98 Å². The molecule has 7 heteroatoms. The minimum atomic E-state index is -1.20. The van der Waals surface area contributed by atoms with Gasteiger partial charge in [0.05, 0.1) is 0 Å². The molecule has 0 amide bonds. The number of carbonyl (C=O) groups is 1. The van der Waals surface area contributed by atoms with E-state index in [0.29, 0.717) is 36.3 Å². The van der Waals surface area contributed by atoms with Gasteiger partial charge in [-0.3, -0.25) is 0 Å². The van der Waals surface area contributed by atoms with Crippen LogP contribution in [-0.2, 0) is 0 Å². The molecule has 0 aromatic carbocycles. The fourth-order valence-corrected chi connectivity index (χ4v) is 3.95. The molecule has 1 saturated heterocycles. The van der Waals surface area contributed by atoms with E-state index in [4.69, 9.17) is 4.42 Å². The number of fused-ring (bicyclic) bond motifs is 1. The van der Waals surface area contributed by atoms with E-state index in [1.54, 1.807) is 24.6 Å². The number of piperidine rings is 1. The lowest BCUT2D eigenvalue weighted by atomic mass is 9.92. The van der Waals surface area contributed by atoms with Gasteiger partial charge in [0.1, 0.15) is 0 Å². The third kappa shape index (κ3) is 3.09. The summed E-state index contributed by atoms with van der Waals surface area (Å²) in [6.45, 7) is 5.66. The Morgan fingerprint density at radius 2 is 2.07 bits per heavy atom. The summed E-state index contributed by atoms with van der Waals surface area (Å²) in [7, 11) is 0. The molecular formula is C20H21N3O4. The maximum absolute atomic E-state index is 11.8. The number of hydrogen-bond donors (Lipinski definition) is 2. The summed E-state index contributed by atoms with van der Waals surface area (Å²) in [4.78, 5) is 22.1. The molecule has 27 heavy (non-hydrogen) atoms. The number of hydrogen-bond acceptors (Lipinski definition) is 6. The van der Waals surface area contributed by atoms with Gasteiger partial charge in [-0.05, 0) is 36.5 Å². The summed E-state index contributed by atoms with van der Waals surface area (Å²) in [5, 5.41) is 20.2. The number of allylic oxidation sites excluding steroid dienone is 1. The molecule has 4 heterocycles. The predicted molar refractivity (Wildman–Crippen MR) is 103 cm³/mol. The van der Waals surface area contributed by atoms with Crippen molar-refractivity contribution < 1.29 is 19.4 Å². The van der Waals surface area contributed by atoms with Gasteiger partial charge >= 0.3 is 5.97 Å². The topological polar surface area (TPSA) is 99.2 Å². The summed E-state index contributed by atoms with van der Waals surface area (Å²) in [5.74, 6) is 0.199. The molecule has 2 aromatic heterocycles. The molecule has 2 atom stereocenters. The van der Waals surface area contributed by atoms with Gasteiger partial charge < -0.3 is 19.5 Å². The third-order valence-corrected chi connectivity index (χ3v) is 4.97. The summed E-state index contributed by atoms with van der Waals surface area (Å²) in [6.07, 6.45) is 5.98. The van der Waals surface area contributed by atoms with E-state index in [9.17, 15) is 15.0 Å². The van der Waals surface area contributed by atoms with Crippen LogP contribution in [0.3, 0.4) is 0 Å². The van der Waals surface area contributed by atoms with Crippen molar-refractivity contribution in [2.24, 2.45) is 16.8 Å². The number of furan rings is 1. The smallest absolute Gasteiger partial charge is 0.345 e. The molecule has 2 aliphatic heterocycles. The van der Waals surface area contributed by atoms with Crippen LogP contribution < -0.4 is 4.90 Å². The van der Waals surface area contributed by atoms with Crippen LogP contribution in [0.5, 0.6) is 5.75 Å². The first-order valence-corrected chi connectivity index (χ1v) is 8.99. The Labute approximate surface area is 156 Å². The second-order valence-corrected chi connectivity index (χ2v) is 7.38. The van der Waals surface area contributed by atoms with Crippen LogP contribution in [-0.4, -0.2) is 40.5 Å². The summed E-state index contributed by atoms with van der Waals surface area (Å²) in [6, 6.07) is 3.67. The van der Waals surface area contributed by atoms with Gasteiger partial charge in [-0.15, -0.1) is 0 Å². The van der Waals surface area contributed by atoms with Crippen LogP contribution in [0.2, 0.25) is 0 Å². The minimum absolute atomic E-state index is 0.117. The fourth-order valence-electron chi connectivity index (χ4n) is 3.95. The summed E-state index contributed by atoms with van der Waals surface area (Å²) >= 11 is 0. The Morgan fingerprint density at radius 3 is 2.78 bits per heavy atom. The van der Waals surface area contributed by atoms with E-state index in [1.807, 2.05) is 11.0 Å². The first-order valence-electron chi connectivity index (χ1n) is 8.99. The lowest BCUT2D eigenvalue weighted by Crippen LogP contribution is -2.39. The van der Waals surface area contributed by atoms with Gasteiger partial charge in [0.15, 0.2) is 22.9 Å². The number of carboxylic acid groups (broad SMARTS) is 1. The highest BCUT2D eigenvalue weighted by Gasteiger charge is 2.32. The summed E-state index contributed by atoms with van der Waals surface area (Å²) < 4.78 is 5.86. The SMILES string of the molecule is C[C@H]1C[C@H](C)CN(c2oc(C=C3C=Nc4ncccc43)c(O)c2C(=O)O)C1. The van der Waals surface area contributed by atoms with Gasteiger partial charge in [0, 0.05) is 36.6 Å². The molecule has 0 radical (unpaired) electrons. The predicted octanol–water partition coefficient (Wildman–Crippen LogP) is 3.82. The number of rotatable bonds is 3. The van der Waals surface area contributed by atoms with Crippen molar-refractivity contribution >= 4 is 35.5 Å². The normalized spacial score (nSPS) is 23.0. The number of pyridine rings is 1. The Balaban J connectivity index is 1.77. The second kappa shape index (κ2) is 6.57. The van der Waals surface area contributed by atoms with Crippen LogP contribution in [0.25, 0.3) is 11.6 Å². The molecule has 2 N–H and O–H groups in total. The molecule has 2 aromatic rings. The van der Waals surface area contributed by atoms with Crippen LogP contribution >= 0.6 is 0 Å². The molecule has 7 nitrogen and oxygen atoms in total.